The normalized spacial score (nSPS) is 17.8. The Bertz CT molecular complexity index is 807. The number of rotatable bonds is 5. The van der Waals surface area contributed by atoms with Gasteiger partial charge in [0, 0.05) is 0 Å². The number of furan rings is 1. The highest BCUT2D eigenvalue weighted by atomic mass is 32.2. The minimum absolute atomic E-state index is 0.170. The van der Waals surface area contributed by atoms with E-state index in [4.69, 9.17) is 9.15 Å². The highest BCUT2D eigenvalue weighted by Gasteiger charge is 2.23. The molecule has 6 heteroatoms. The molecule has 3 rings (SSSR count). The number of benzene rings is 1. The summed E-state index contributed by atoms with van der Waals surface area (Å²) in [5, 5.41) is 3.29. The van der Waals surface area contributed by atoms with E-state index in [1.807, 2.05) is 43.3 Å². The van der Waals surface area contributed by atoms with Gasteiger partial charge in [-0.3, -0.25) is 4.79 Å². The van der Waals surface area contributed by atoms with E-state index in [1.165, 1.54) is 11.8 Å². The molecule has 1 amide bonds. The molecule has 0 saturated carbocycles. The second kappa shape index (κ2) is 7.70. The molecule has 0 atom stereocenters. The average molecular weight is 340 g/mol. The zero-order valence-electron chi connectivity index (χ0n) is 13.1. The molecule has 2 heterocycles. The van der Waals surface area contributed by atoms with Gasteiger partial charge in [0.15, 0.2) is 5.17 Å². The van der Waals surface area contributed by atoms with Gasteiger partial charge < -0.3 is 14.5 Å². The van der Waals surface area contributed by atoms with E-state index in [-0.39, 0.29) is 5.91 Å². The molecule has 2 aromatic rings. The predicted octanol–water partition coefficient (Wildman–Crippen LogP) is 4.13. The summed E-state index contributed by atoms with van der Waals surface area (Å²) in [5.41, 5.74) is 0.689. The van der Waals surface area contributed by atoms with Crippen molar-refractivity contribution in [1.82, 2.24) is 5.32 Å². The summed E-state index contributed by atoms with van der Waals surface area (Å²) in [6.07, 6.45) is 6.90. The van der Waals surface area contributed by atoms with Gasteiger partial charge in [0.25, 0.3) is 5.91 Å². The molecule has 1 N–H and O–H groups in total. The Morgan fingerprint density at radius 3 is 2.96 bits per heavy atom. The predicted molar refractivity (Wildman–Crippen MR) is 96.3 cm³/mol. The van der Waals surface area contributed by atoms with Gasteiger partial charge in [0.05, 0.1) is 17.8 Å². The molecule has 1 fully saturated rings. The molecule has 1 saturated heterocycles. The van der Waals surface area contributed by atoms with Crippen LogP contribution in [0.3, 0.4) is 0 Å². The maximum Gasteiger partial charge on any atom is 0.264 e. The summed E-state index contributed by atoms with van der Waals surface area (Å²) >= 11 is 1.29. The van der Waals surface area contributed by atoms with Crippen LogP contribution in [0, 0.1) is 0 Å². The van der Waals surface area contributed by atoms with Crippen molar-refractivity contribution < 1.29 is 13.9 Å². The van der Waals surface area contributed by atoms with Crippen molar-refractivity contribution in [3.63, 3.8) is 0 Å². The van der Waals surface area contributed by atoms with Gasteiger partial charge >= 0.3 is 0 Å². The maximum atomic E-state index is 12.0. The van der Waals surface area contributed by atoms with Crippen molar-refractivity contribution in [1.29, 1.82) is 0 Å². The number of ether oxygens (including phenoxy) is 1. The first-order valence-corrected chi connectivity index (χ1v) is 8.29. The number of carbonyl (C=O) groups is 1. The lowest BCUT2D eigenvalue weighted by Crippen LogP contribution is -2.19. The largest absolute Gasteiger partial charge is 0.492 e. The van der Waals surface area contributed by atoms with Crippen molar-refractivity contribution in [2.24, 2.45) is 4.99 Å². The Hall–Kier alpha value is -2.73. The van der Waals surface area contributed by atoms with Crippen molar-refractivity contribution in [2.45, 2.75) is 6.92 Å². The van der Waals surface area contributed by atoms with E-state index >= 15 is 0 Å². The molecule has 122 valence electrons. The van der Waals surface area contributed by atoms with Gasteiger partial charge in [-0.25, -0.2) is 4.99 Å². The number of nitrogens with zero attached hydrogens (tertiary/aromatic N) is 1. The van der Waals surface area contributed by atoms with Gasteiger partial charge in [-0.2, -0.15) is 0 Å². The lowest BCUT2D eigenvalue weighted by Gasteiger charge is -2.06. The van der Waals surface area contributed by atoms with Gasteiger partial charge in [0.2, 0.25) is 0 Å². The van der Waals surface area contributed by atoms with Crippen LogP contribution in [0.2, 0.25) is 0 Å². The smallest absolute Gasteiger partial charge is 0.264 e. The monoisotopic (exact) mass is 340 g/mol. The first-order valence-electron chi connectivity index (χ1n) is 7.48. The van der Waals surface area contributed by atoms with Crippen LogP contribution in [0.15, 0.2) is 69.1 Å². The molecule has 5 nitrogen and oxygen atoms in total. The quantitative estimate of drug-likeness (QED) is 0.832. The third-order valence-corrected chi connectivity index (χ3v) is 4.02. The molecule has 1 aromatic carbocycles. The molecule has 0 radical (unpaired) electrons. The maximum absolute atomic E-state index is 12.0. The van der Waals surface area contributed by atoms with Crippen LogP contribution in [-0.4, -0.2) is 17.7 Å². The van der Waals surface area contributed by atoms with Crippen LogP contribution in [0.5, 0.6) is 5.75 Å². The number of amidine groups is 1. The van der Waals surface area contributed by atoms with E-state index in [0.29, 0.717) is 28.1 Å². The first-order chi connectivity index (χ1) is 11.8. The lowest BCUT2D eigenvalue weighted by atomic mass is 10.3. The molecular formula is C18H16N2O3S. The summed E-state index contributed by atoms with van der Waals surface area (Å²) in [7, 11) is 0. The average Bonchev–Trinajstić information content (AvgIpc) is 3.20. The number of nitrogens with one attached hydrogen (secondary N) is 1. The Kier molecular flexibility index (Phi) is 5.18. The van der Waals surface area contributed by atoms with Crippen LogP contribution >= 0.6 is 11.8 Å². The lowest BCUT2D eigenvalue weighted by molar-refractivity contribution is -0.115. The molecule has 1 aliphatic heterocycles. The van der Waals surface area contributed by atoms with Crippen molar-refractivity contribution >= 4 is 34.6 Å². The summed E-state index contributed by atoms with van der Waals surface area (Å²) < 4.78 is 10.7. The van der Waals surface area contributed by atoms with Crippen molar-refractivity contribution in [3.8, 4) is 5.75 Å². The first kappa shape index (κ1) is 16.1. The molecule has 0 aliphatic carbocycles. The van der Waals surface area contributed by atoms with Gasteiger partial charge in [0.1, 0.15) is 17.2 Å². The van der Waals surface area contributed by atoms with E-state index in [2.05, 4.69) is 10.3 Å². The minimum atomic E-state index is -0.170. The number of thioether (sulfide) groups is 1. The van der Waals surface area contributed by atoms with E-state index in [9.17, 15) is 4.79 Å². The molecular weight excluding hydrogens is 324 g/mol. The van der Waals surface area contributed by atoms with Crippen molar-refractivity contribution in [3.05, 3.63) is 65.5 Å². The number of amides is 1. The third kappa shape index (κ3) is 3.97. The zero-order valence-corrected chi connectivity index (χ0v) is 13.9. The van der Waals surface area contributed by atoms with Crippen LogP contribution in [-0.2, 0) is 4.79 Å². The number of para-hydroxylation sites is 2. The van der Waals surface area contributed by atoms with Gasteiger partial charge in [-0.1, -0.05) is 18.2 Å². The summed E-state index contributed by atoms with van der Waals surface area (Å²) in [4.78, 5) is 17.1. The number of carbonyl (C=O) groups excluding carboxylic acids is 1. The number of allylic oxidation sites excluding steroid dienone is 2. The third-order valence-electron chi connectivity index (χ3n) is 3.09. The van der Waals surface area contributed by atoms with Gasteiger partial charge in [-0.15, -0.1) is 0 Å². The second-order valence-electron chi connectivity index (χ2n) is 4.78. The van der Waals surface area contributed by atoms with Crippen molar-refractivity contribution in [2.75, 3.05) is 6.61 Å². The molecule has 0 spiro atoms. The molecule has 0 unspecified atom stereocenters. The van der Waals surface area contributed by atoms with E-state index in [1.54, 1.807) is 24.5 Å². The Labute approximate surface area is 144 Å². The highest BCUT2D eigenvalue weighted by molar-refractivity contribution is 8.18. The number of hydrogen-bond acceptors (Lipinski definition) is 5. The topological polar surface area (TPSA) is 63.8 Å². The summed E-state index contributed by atoms with van der Waals surface area (Å²) in [5.74, 6) is 1.25. The molecule has 1 aliphatic rings. The zero-order chi connectivity index (χ0) is 16.8. The fraction of sp³-hybridized carbons (Fsp3) is 0.111. The van der Waals surface area contributed by atoms with Gasteiger partial charge in [-0.05, 0) is 55.1 Å². The van der Waals surface area contributed by atoms with E-state index < -0.39 is 0 Å². The Morgan fingerprint density at radius 2 is 2.17 bits per heavy atom. The Balaban J connectivity index is 1.75. The van der Waals surface area contributed by atoms with Crippen LogP contribution in [0.4, 0.5) is 5.69 Å². The highest BCUT2D eigenvalue weighted by Crippen LogP contribution is 2.31. The van der Waals surface area contributed by atoms with Crippen LogP contribution < -0.4 is 10.1 Å². The second-order valence-corrected chi connectivity index (χ2v) is 5.81. The van der Waals surface area contributed by atoms with Crippen LogP contribution in [0.25, 0.3) is 6.08 Å². The van der Waals surface area contributed by atoms with Crippen LogP contribution in [0.1, 0.15) is 12.7 Å². The standard InChI is InChI=1S/C18H16N2O3S/c1-2-22-15-10-4-3-9-14(15)19-18-20-17(21)16(24-18)11-5-7-13-8-6-12-23-13/h3-12H,2H2,1H3,(H,19,20,21). The molecule has 1 aromatic heterocycles. The SMILES string of the molecule is CCOc1ccccc1N=C1NC(=O)C(=CC=Cc2ccco2)S1. The van der Waals surface area contributed by atoms with E-state index in [0.717, 1.165) is 5.76 Å². The summed E-state index contributed by atoms with van der Waals surface area (Å²) in [6.45, 7) is 2.48. The fourth-order valence-corrected chi connectivity index (χ4v) is 2.83. The minimum Gasteiger partial charge on any atom is -0.492 e. The Morgan fingerprint density at radius 1 is 1.29 bits per heavy atom. The summed E-state index contributed by atoms with van der Waals surface area (Å²) in [6, 6.07) is 11.1. The number of hydrogen-bond donors (Lipinski definition) is 1. The number of aliphatic imine (C=N–C) groups is 1. The fourth-order valence-electron chi connectivity index (χ4n) is 2.05. The molecule has 0 bridgehead atoms. The molecule has 24 heavy (non-hydrogen) atoms.